The van der Waals surface area contributed by atoms with Gasteiger partial charge in [-0.1, -0.05) is 23.4 Å². The zero-order valence-corrected chi connectivity index (χ0v) is 16.9. The van der Waals surface area contributed by atoms with Crippen LogP contribution in [0.4, 0.5) is 4.39 Å². The maximum absolute atomic E-state index is 13.3. The number of fused-ring (bicyclic) bond motifs is 1. The number of methoxy groups -OCH3 is 1. The maximum atomic E-state index is 13.3. The zero-order valence-electron chi connectivity index (χ0n) is 16.9. The fourth-order valence-corrected chi connectivity index (χ4v) is 3.06. The van der Waals surface area contributed by atoms with Crippen molar-refractivity contribution in [2.45, 2.75) is 13.5 Å². The van der Waals surface area contributed by atoms with Gasteiger partial charge >= 0.3 is 0 Å². The second-order valence-corrected chi connectivity index (χ2v) is 6.67. The highest BCUT2D eigenvalue weighted by molar-refractivity contribution is 5.93. The minimum Gasteiger partial charge on any atom is -0.496 e. The van der Waals surface area contributed by atoms with E-state index >= 15 is 0 Å². The van der Waals surface area contributed by atoms with Crippen LogP contribution in [0.25, 0.3) is 22.4 Å². The highest BCUT2D eigenvalue weighted by Crippen LogP contribution is 2.33. The molecule has 0 aliphatic heterocycles. The van der Waals surface area contributed by atoms with Gasteiger partial charge in [0.05, 0.1) is 7.11 Å². The molecule has 0 spiro atoms. The van der Waals surface area contributed by atoms with Crippen LogP contribution in [0.2, 0.25) is 0 Å². The SMILES string of the molecule is COc1ccccc1CNC(=O)COc1nc(C)nc2onc(-c3ccc(F)cc3)c12. The molecule has 0 aliphatic carbocycles. The van der Waals surface area contributed by atoms with Gasteiger partial charge in [-0.3, -0.25) is 4.79 Å². The van der Waals surface area contributed by atoms with Gasteiger partial charge in [0.25, 0.3) is 11.6 Å². The lowest BCUT2D eigenvalue weighted by Gasteiger charge is -2.10. The van der Waals surface area contributed by atoms with Crippen LogP contribution >= 0.6 is 0 Å². The summed E-state index contributed by atoms with van der Waals surface area (Å²) in [5, 5.41) is 7.22. The van der Waals surface area contributed by atoms with E-state index in [-0.39, 0.29) is 29.9 Å². The van der Waals surface area contributed by atoms with E-state index in [0.717, 1.165) is 5.56 Å². The number of hydrogen-bond acceptors (Lipinski definition) is 7. The number of benzene rings is 2. The van der Waals surface area contributed by atoms with Crippen LogP contribution in [0.1, 0.15) is 11.4 Å². The molecule has 1 N–H and O–H groups in total. The number of hydrogen-bond donors (Lipinski definition) is 1. The van der Waals surface area contributed by atoms with Crippen molar-refractivity contribution in [3.8, 4) is 22.9 Å². The Morgan fingerprint density at radius 3 is 2.68 bits per heavy atom. The molecule has 0 aliphatic rings. The van der Waals surface area contributed by atoms with Crippen LogP contribution in [0.15, 0.2) is 53.1 Å². The fourth-order valence-electron chi connectivity index (χ4n) is 3.06. The predicted molar refractivity (Wildman–Crippen MR) is 110 cm³/mol. The standard InChI is InChI=1S/C22H19FN4O4/c1-13-25-21(30-12-18(28)24-11-15-5-3-4-6-17(15)29-2)19-20(27-31-22(19)26-13)14-7-9-16(23)10-8-14/h3-10H,11-12H2,1-2H3,(H,24,28). The van der Waals surface area contributed by atoms with Crippen molar-refractivity contribution in [1.29, 1.82) is 0 Å². The molecule has 2 aromatic heterocycles. The minimum atomic E-state index is -0.369. The number of nitrogens with one attached hydrogen (secondary N) is 1. The molecule has 0 fully saturated rings. The molecule has 4 aromatic rings. The molecule has 0 atom stereocenters. The number of carbonyl (C=O) groups is 1. The maximum Gasteiger partial charge on any atom is 0.265 e. The predicted octanol–water partition coefficient (Wildman–Crippen LogP) is 3.44. The molecular formula is C22H19FN4O4. The van der Waals surface area contributed by atoms with E-state index < -0.39 is 0 Å². The van der Waals surface area contributed by atoms with Gasteiger partial charge < -0.3 is 19.3 Å². The molecule has 0 radical (unpaired) electrons. The Balaban J connectivity index is 1.52. The van der Waals surface area contributed by atoms with Crippen molar-refractivity contribution < 1.29 is 23.2 Å². The first kappa shape index (κ1) is 20.3. The number of para-hydroxylation sites is 1. The van der Waals surface area contributed by atoms with Crippen LogP contribution in [0, 0.1) is 12.7 Å². The highest BCUT2D eigenvalue weighted by atomic mass is 19.1. The van der Waals surface area contributed by atoms with E-state index in [1.54, 1.807) is 26.2 Å². The lowest BCUT2D eigenvalue weighted by molar-refractivity contribution is -0.123. The number of amides is 1. The van der Waals surface area contributed by atoms with Crippen molar-refractivity contribution in [3.05, 3.63) is 65.7 Å². The van der Waals surface area contributed by atoms with Crippen LogP contribution in [0.5, 0.6) is 11.6 Å². The van der Waals surface area contributed by atoms with E-state index in [0.29, 0.717) is 34.8 Å². The number of rotatable bonds is 7. The lowest BCUT2D eigenvalue weighted by atomic mass is 10.1. The van der Waals surface area contributed by atoms with Crippen LogP contribution in [0.3, 0.4) is 0 Å². The smallest absolute Gasteiger partial charge is 0.265 e. The van der Waals surface area contributed by atoms with Crippen molar-refractivity contribution in [1.82, 2.24) is 20.4 Å². The summed E-state index contributed by atoms with van der Waals surface area (Å²) in [6.45, 7) is 1.70. The van der Waals surface area contributed by atoms with E-state index in [1.807, 2.05) is 24.3 Å². The monoisotopic (exact) mass is 422 g/mol. The van der Waals surface area contributed by atoms with Gasteiger partial charge in [-0.2, -0.15) is 9.97 Å². The average Bonchev–Trinajstić information content (AvgIpc) is 3.20. The Bertz CT molecular complexity index is 1220. The number of ether oxygens (including phenoxy) is 2. The first-order valence-electron chi connectivity index (χ1n) is 9.46. The molecule has 8 nitrogen and oxygen atoms in total. The number of aromatic nitrogens is 3. The molecule has 2 heterocycles. The summed E-state index contributed by atoms with van der Waals surface area (Å²) in [5.41, 5.74) is 2.07. The topological polar surface area (TPSA) is 99.4 Å². The van der Waals surface area contributed by atoms with Gasteiger partial charge in [-0.05, 0) is 37.3 Å². The van der Waals surface area contributed by atoms with Gasteiger partial charge in [0.15, 0.2) is 6.61 Å². The number of halogens is 1. The van der Waals surface area contributed by atoms with Gasteiger partial charge in [0.2, 0.25) is 5.88 Å². The lowest BCUT2D eigenvalue weighted by Crippen LogP contribution is -2.28. The van der Waals surface area contributed by atoms with Crippen LogP contribution < -0.4 is 14.8 Å². The van der Waals surface area contributed by atoms with Crippen molar-refractivity contribution >= 4 is 17.0 Å². The van der Waals surface area contributed by atoms with Crippen molar-refractivity contribution in [2.75, 3.05) is 13.7 Å². The second-order valence-electron chi connectivity index (χ2n) is 6.67. The fraction of sp³-hybridized carbons (Fsp3) is 0.182. The van der Waals surface area contributed by atoms with Crippen molar-refractivity contribution in [2.24, 2.45) is 0 Å². The molecule has 1 amide bonds. The molecule has 4 rings (SSSR count). The average molecular weight is 422 g/mol. The van der Waals surface area contributed by atoms with E-state index in [1.165, 1.54) is 12.1 Å². The summed E-state index contributed by atoms with van der Waals surface area (Å²) in [5.74, 6) is 0.543. The number of carbonyl (C=O) groups excluding carboxylic acids is 1. The molecule has 0 bridgehead atoms. The summed E-state index contributed by atoms with van der Waals surface area (Å²) < 4.78 is 29.5. The minimum absolute atomic E-state index is 0.163. The van der Waals surface area contributed by atoms with E-state index in [4.69, 9.17) is 14.0 Å². The normalized spacial score (nSPS) is 10.8. The quantitative estimate of drug-likeness (QED) is 0.487. The third kappa shape index (κ3) is 4.45. The Morgan fingerprint density at radius 2 is 1.90 bits per heavy atom. The first-order chi connectivity index (χ1) is 15.0. The number of nitrogens with zero attached hydrogens (tertiary/aromatic N) is 3. The molecular weight excluding hydrogens is 403 g/mol. The van der Waals surface area contributed by atoms with Gasteiger partial charge in [0.1, 0.15) is 28.5 Å². The Kier molecular flexibility index (Phi) is 5.74. The Hall–Kier alpha value is -4.01. The Morgan fingerprint density at radius 1 is 1.13 bits per heavy atom. The molecule has 0 saturated carbocycles. The molecule has 0 unspecified atom stereocenters. The van der Waals surface area contributed by atoms with Crippen molar-refractivity contribution in [3.63, 3.8) is 0 Å². The molecule has 158 valence electrons. The number of aryl methyl sites for hydroxylation is 1. The van der Waals surface area contributed by atoms with E-state index in [9.17, 15) is 9.18 Å². The summed E-state index contributed by atoms with van der Waals surface area (Å²) in [6.07, 6.45) is 0. The highest BCUT2D eigenvalue weighted by Gasteiger charge is 2.20. The third-order valence-corrected chi connectivity index (χ3v) is 4.54. The summed E-state index contributed by atoms with van der Waals surface area (Å²) in [6, 6.07) is 13.2. The van der Waals surface area contributed by atoms with Crippen LogP contribution in [-0.2, 0) is 11.3 Å². The molecule has 2 aromatic carbocycles. The van der Waals surface area contributed by atoms with Crippen LogP contribution in [-0.4, -0.2) is 34.7 Å². The zero-order chi connectivity index (χ0) is 21.8. The molecule has 9 heteroatoms. The second kappa shape index (κ2) is 8.78. The molecule has 0 saturated heterocycles. The molecule has 31 heavy (non-hydrogen) atoms. The summed E-state index contributed by atoms with van der Waals surface area (Å²) >= 11 is 0. The summed E-state index contributed by atoms with van der Waals surface area (Å²) in [7, 11) is 1.57. The largest absolute Gasteiger partial charge is 0.496 e. The van der Waals surface area contributed by atoms with Gasteiger partial charge in [-0.15, -0.1) is 0 Å². The van der Waals surface area contributed by atoms with E-state index in [2.05, 4.69) is 20.4 Å². The Labute approximate surface area is 177 Å². The third-order valence-electron chi connectivity index (χ3n) is 4.54. The van der Waals surface area contributed by atoms with Gasteiger partial charge in [0, 0.05) is 17.7 Å². The summed E-state index contributed by atoms with van der Waals surface area (Å²) in [4.78, 5) is 20.8. The first-order valence-corrected chi connectivity index (χ1v) is 9.46. The van der Waals surface area contributed by atoms with Gasteiger partial charge in [-0.25, -0.2) is 4.39 Å².